The molecule has 34 heavy (non-hydrogen) atoms. The Morgan fingerprint density at radius 3 is 1.29 bits per heavy atom. The van der Waals surface area contributed by atoms with Gasteiger partial charge >= 0.3 is 8.80 Å². The molecule has 0 aromatic heterocycles. The maximum Gasteiger partial charge on any atom is 0.501 e. The molecule has 0 aromatic carbocycles. The van der Waals surface area contributed by atoms with Gasteiger partial charge in [0.2, 0.25) is 0 Å². The average molecular weight is 501 g/mol. The molecule has 0 saturated heterocycles. The fourth-order valence-corrected chi connectivity index (χ4v) is 7.72. The van der Waals surface area contributed by atoms with Crippen LogP contribution in [-0.2, 0) is 13.3 Å². The third-order valence-corrected chi connectivity index (χ3v) is 9.77. The first-order valence-corrected chi connectivity index (χ1v) is 17.6. The van der Waals surface area contributed by atoms with Crippen LogP contribution >= 0.6 is 0 Å². The standard InChI is InChI=1S/C30H64O3Si/c1-6-11-13-15-17-18-19-20-21-22-24-26-30(10-5)33-34(31-27-8-3,32-28-9-4)29-25-23-16-14-12-7-2/h30H,6-29H2,1-5H3. The second-order valence-corrected chi connectivity index (χ2v) is 13.0. The van der Waals surface area contributed by atoms with Gasteiger partial charge in [0.15, 0.2) is 0 Å². The van der Waals surface area contributed by atoms with Crippen molar-refractivity contribution in [2.45, 2.75) is 182 Å². The van der Waals surface area contributed by atoms with Crippen LogP contribution in [0.2, 0.25) is 6.04 Å². The van der Waals surface area contributed by atoms with Crippen LogP contribution in [0.5, 0.6) is 0 Å². The van der Waals surface area contributed by atoms with Crippen molar-refractivity contribution in [3.63, 3.8) is 0 Å². The number of hydrogen-bond donors (Lipinski definition) is 0. The second kappa shape index (κ2) is 26.2. The highest BCUT2D eigenvalue weighted by Gasteiger charge is 2.42. The van der Waals surface area contributed by atoms with Gasteiger partial charge in [0, 0.05) is 25.4 Å². The maximum absolute atomic E-state index is 6.81. The van der Waals surface area contributed by atoms with Crippen LogP contribution < -0.4 is 0 Å². The lowest BCUT2D eigenvalue weighted by Crippen LogP contribution is -2.48. The summed E-state index contributed by atoms with van der Waals surface area (Å²) < 4.78 is 19.7. The van der Waals surface area contributed by atoms with Gasteiger partial charge in [0.05, 0.1) is 0 Å². The van der Waals surface area contributed by atoms with Crippen molar-refractivity contribution in [2.75, 3.05) is 13.2 Å². The van der Waals surface area contributed by atoms with Crippen LogP contribution in [0.3, 0.4) is 0 Å². The minimum atomic E-state index is -2.59. The van der Waals surface area contributed by atoms with Gasteiger partial charge in [-0.3, -0.25) is 0 Å². The van der Waals surface area contributed by atoms with E-state index >= 15 is 0 Å². The molecule has 0 fully saturated rings. The first-order valence-electron chi connectivity index (χ1n) is 15.6. The smallest absolute Gasteiger partial charge is 0.373 e. The highest BCUT2D eigenvalue weighted by atomic mass is 28.4. The number of hydrogen-bond acceptors (Lipinski definition) is 3. The Morgan fingerprint density at radius 1 is 0.471 bits per heavy atom. The van der Waals surface area contributed by atoms with Crippen molar-refractivity contribution in [3.05, 3.63) is 0 Å². The van der Waals surface area contributed by atoms with Gasteiger partial charge in [-0.05, 0) is 32.1 Å². The average Bonchev–Trinajstić information content (AvgIpc) is 2.86. The second-order valence-electron chi connectivity index (χ2n) is 10.4. The maximum atomic E-state index is 6.81. The zero-order valence-electron chi connectivity index (χ0n) is 24.3. The Morgan fingerprint density at radius 2 is 0.882 bits per heavy atom. The van der Waals surface area contributed by atoms with E-state index in [9.17, 15) is 0 Å². The molecule has 0 amide bonds. The van der Waals surface area contributed by atoms with Crippen molar-refractivity contribution in [1.82, 2.24) is 0 Å². The summed E-state index contributed by atoms with van der Waals surface area (Å²) in [4.78, 5) is 0. The first-order chi connectivity index (χ1) is 16.7. The number of rotatable bonds is 28. The van der Waals surface area contributed by atoms with Crippen molar-refractivity contribution >= 4 is 8.80 Å². The van der Waals surface area contributed by atoms with Crippen molar-refractivity contribution in [2.24, 2.45) is 0 Å². The van der Waals surface area contributed by atoms with Crippen LogP contribution in [0.25, 0.3) is 0 Å². The minimum absolute atomic E-state index is 0.291. The van der Waals surface area contributed by atoms with E-state index in [0.29, 0.717) is 6.10 Å². The van der Waals surface area contributed by atoms with Crippen LogP contribution in [-0.4, -0.2) is 28.1 Å². The lowest BCUT2D eigenvalue weighted by Gasteiger charge is -2.33. The molecule has 0 aliphatic carbocycles. The molecule has 1 atom stereocenters. The van der Waals surface area contributed by atoms with Gasteiger partial charge in [-0.1, -0.05) is 137 Å². The minimum Gasteiger partial charge on any atom is -0.373 e. The summed E-state index contributed by atoms with van der Waals surface area (Å²) >= 11 is 0. The monoisotopic (exact) mass is 500 g/mol. The van der Waals surface area contributed by atoms with E-state index < -0.39 is 8.80 Å². The van der Waals surface area contributed by atoms with E-state index in [1.165, 1.54) is 109 Å². The Kier molecular flexibility index (Phi) is 26.2. The summed E-state index contributed by atoms with van der Waals surface area (Å²) in [7, 11) is -2.59. The third-order valence-electron chi connectivity index (χ3n) is 6.82. The lowest BCUT2D eigenvalue weighted by atomic mass is 10.0. The Labute approximate surface area is 216 Å². The van der Waals surface area contributed by atoms with E-state index in [4.69, 9.17) is 13.3 Å². The molecule has 0 saturated carbocycles. The van der Waals surface area contributed by atoms with Crippen molar-refractivity contribution in [3.8, 4) is 0 Å². The topological polar surface area (TPSA) is 27.7 Å². The molecule has 0 heterocycles. The largest absolute Gasteiger partial charge is 0.501 e. The first kappa shape index (κ1) is 34.1. The van der Waals surface area contributed by atoms with Gasteiger partial charge in [-0.15, -0.1) is 0 Å². The molecule has 0 N–H and O–H groups in total. The highest BCUT2D eigenvalue weighted by Crippen LogP contribution is 2.26. The summed E-state index contributed by atoms with van der Waals surface area (Å²) in [5, 5.41) is 0. The Balaban J connectivity index is 4.41. The molecule has 0 aliphatic heterocycles. The van der Waals surface area contributed by atoms with E-state index in [2.05, 4.69) is 34.6 Å². The van der Waals surface area contributed by atoms with Crippen LogP contribution in [0.15, 0.2) is 0 Å². The predicted octanol–water partition coefficient (Wildman–Crippen LogP) is 10.6. The zero-order chi connectivity index (χ0) is 25.2. The normalized spacial score (nSPS) is 13.0. The van der Waals surface area contributed by atoms with Gasteiger partial charge < -0.3 is 13.3 Å². The molecule has 1 unspecified atom stereocenters. The zero-order valence-corrected chi connectivity index (χ0v) is 25.3. The van der Waals surface area contributed by atoms with E-state index in [1.807, 2.05) is 0 Å². The summed E-state index contributed by atoms with van der Waals surface area (Å²) in [6, 6.07) is 0.994. The third kappa shape index (κ3) is 20.3. The molecule has 0 spiro atoms. The summed E-state index contributed by atoms with van der Waals surface area (Å²) in [5.41, 5.74) is 0. The van der Waals surface area contributed by atoms with Gasteiger partial charge in [-0.2, -0.15) is 0 Å². The molecular weight excluding hydrogens is 436 g/mol. The quantitative estimate of drug-likeness (QED) is 0.0789. The Bertz CT molecular complexity index is 383. The predicted molar refractivity (Wildman–Crippen MR) is 153 cm³/mol. The molecular formula is C30H64O3Si. The van der Waals surface area contributed by atoms with Gasteiger partial charge in [0.25, 0.3) is 0 Å². The van der Waals surface area contributed by atoms with E-state index in [1.54, 1.807) is 0 Å². The highest BCUT2D eigenvalue weighted by molar-refractivity contribution is 6.60. The molecule has 0 aliphatic rings. The molecule has 0 radical (unpaired) electrons. The SMILES string of the molecule is CCCCCCCCCCCCCC(CC)O[Si](CCCCCCCC)(OCCC)OCCC. The molecule has 0 bridgehead atoms. The Hall–Kier alpha value is 0.0969. The molecule has 0 rings (SSSR count). The summed E-state index contributed by atoms with van der Waals surface area (Å²) in [5.74, 6) is 0. The summed E-state index contributed by atoms with van der Waals surface area (Å²) in [6.45, 7) is 12.7. The fourth-order valence-electron chi connectivity index (χ4n) is 4.59. The van der Waals surface area contributed by atoms with E-state index in [0.717, 1.165) is 44.9 Å². The lowest BCUT2D eigenvalue weighted by molar-refractivity contribution is 0.0208. The fraction of sp³-hybridized carbons (Fsp3) is 1.00. The van der Waals surface area contributed by atoms with Crippen LogP contribution in [0.4, 0.5) is 0 Å². The molecule has 4 heteroatoms. The van der Waals surface area contributed by atoms with Crippen LogP contribution in [0.1, 0.15) is 169 Å². The summed E-state index contributed by atoms with van der Waals surface area (Å²) in [6.07, 6.45) is 27.7. The molecule has 0 aromatic rings. The molecule has 206 valence electrons. The molecule has 3 nitrogen and oxygen atoms in total. The van der Waals surface area contributed by atoms with Gasteiger partial charge in [0.1, 0.15) is 0 Å². The van der Waals surface area contributed by atoms with E-state index in [-0.39, 0.29) is 0 Å². The van der Waals surface area contributed by atoms with Gasteiger partial charge in [-0.25, -0.2) is 0 Å². The van der Waals surface area contributed by atoms with Crippen molar-refractivity contribution in [1.29, 1.82) is 0 Å². The van der Waals surface area contributed by atoms with Crippen LogP contribution in [0, 0.1) is 0 Å². The number of unbranched alkanes of at least 4 members (excludes halogenated alkanes) is 15. The van der Waals surface area contributed by atoms with Crippen molar-refractivity contribution < 1.29 is 13.3 Å².